The van der Waals surface area contributed by atoms with E-state index in [0.717, 1.165) is 35.3 Å². The smallest absolute Gasteiger partial charge is 0.115 e. The number of para-hydroxylation sites is 1. The number of aromatic nitrogens is 1. The first-order valence-electron chi connectivity index (χ1n) is 6.03. The van der Waals surface area contributed by atoms with Crippen LogP contribution in [0.4, 0.5) is 0 Å². The summed E-state index contributed by atoms with van der Waals surface area (Å²) in [6, 6.07) is 9.93. The largest absolute Gasteiger partial charge is 0.496 e. The van der Waals surface area contributed by atoms with Crippen LogP contribution in [0.15, 0.2) is 48.4 Å². The Bertz CT molecular complexity index is 589. The number of hydrogen-bond acceptors (Lipinski definition) is 4. The topological polar surface area (TPSA) is 60.2 Å². The summed E-state index contributed by atoms with van der Waals surface area (Å²) in [5.74, 6) is 6.56. The maximum atomic E-state index is 5.68. The molecule has 0 amide bonds. The number of nitrogens with zero attached hydrogens (tertiary/aromatic N) is 1. The number of pyridine rings is 1. The van der Waals surface area contributed by atoms with Crippen molar-refractivity contribution in [1.82, 2.24) is 10.4 Å². The molecule has 3 rings (SSSR count). The summed E-state index contributed by atoms with van der Waals surface area (Å²) in [5.41, 5.74) is 4.82. The predicted octanol–water partition coefficient (Wildman–Crippen LogP) is 2.04. The molecule has 1 atom stereocenters. The molecule has 1 aromatic carbocycles. The summed E-state index contributed by atoms with van der Waals surface area (Å²) in [4.78, 5) is 4.44. The van der Waals surface area contributed by atoms with Crippen molar-refractivity contribution in [2.45, 2.75) is 12.5 Å². The maximum Gasteiger partial charge on any atom is 0.115 e. The molecule has 0 aliphatic carbocycles. The average Bonchev–Trinajstić information content (AvgIpc) is 2.94. The highest BCUT2D eigenvalue weighted by Crippen LogP contribution is 2.29. The lowest BCUT2D eigenvalue weighted by Crippen LogP contribution is -2.30. The summed E-state index contributed by atoms with van der Waals surface area (Å²) in [7, 11) is 0. The van der Waals surface area contributed by atoms with E-state index < -0.39 is 0 Å². The van der Waals surface area contributed by atoms with E-state index in [0.29, 0.717) is 0 Å². The van der Waals surface area contributed by atoms with Crippen molar-refractivity contribution in [2.24, 2.45) is 5.84 Å². The number of nitrogens with two attached hydrogens (primary N) is 1. The van der Waals surface area contributed by atoms with Crippen LogP contribution in [0.5, 0.6) is 0 Å². The van der Waals surface area contributed by atoms with Crippen molar-refractivity contribution >= 4 is 10.9 Å². The van der Waals surface area contributed by atoms with Gasteiger partial charge in [0, 0.05) is 23.6 Å². The zero-order chi connectivity index (χ0) is 12.4. The first kappa shape index (κ1) is 11.2. The Labute approximate surface area is 105 Å². The molecule has 4 nitrogen and oxygen atoms in total. The maximum absolute atomic E-state index is 5.68. The van der Waals surface area contributed by atoms with Crippen LogP contribution in [0.25, 0.3) is 10.9 Å². The molecule has 1 aliphatic heterocycles. The fourth-order valence-electron chi connectivity index (χ4n) is 2.32. The molecule has 2 aromatic rings. The first-order valence-corrected chi connectivity index (χ1v) is 6.03. The third-order valence-electron chi connectivity index (χ3n) is 3.16. The van der Waals surface area contributed by atoms with Crippen molar-refractivity contribution in [3.8, 4) is 0 Å². The highest BCUT2D eigenvalue weighted by atomic mass is 16.5. The highest BCUT2D eigenvalue weighted by Gasteiger charge is 2.21. The van der Waals surface area contributed by atoms with Gasteiger partial charge in [0.1, 0.15) is 11.8 Å². The number of ether oxygens (including phenoxy) is 1. The summed E-state index contributed by atoms with van der Waals surface area (Å²) in [5, 5.41) is 1.11. The van der Waals surface area contributed by atoms with Crippen LogP contribution >= 0.6 is 0 Å². The molecule has 1 unspecified atom stereocenters. The third-order valence-corrected chi connectivity index (χ3v) is 3.16. The van der Waals surface area contributed by atoms with Crippen molar-refractivity contribution < 1.29 is 4.74 Å². The minimum Gasteiger partial charge on any atom is -0.496 e. The van der Waals surface area contributed by atoms with Gasteiger partial charge < -0.3 is 4.74 Å². The molecule has 1 aliphatic rings. The van der Waals surface area contributed by atoms with Gasteiger partial charge in [0.05, 0.1) is 12.1 Å². The van der Waals surface area contributed by atoms with Crippen LogP contribution in [0.1, 0.15) is 18.0 Å². The van der Waals surface area contributed by atoms with Crippen molar-refractivity contribution in [2.75, 3.05) is 6.61 Å². The van der Waals surface area contributed by atoms with Gasteiger partial charge in [-0.05, 0) is 12.1 Å². The number of hydrazine groups is 1. The van der Waals surface area contributed by atoms with Crippen LogP contribution in [0, 0.1) is 0 Å². The first-order chi connectivity index (χ1) is 8.90. The van der Waals surface area contributed by atoms with Gasteiger partial charge in [0.2, 0.25) is 0 Å². The zero-order valence-electron chi connectivity index (χ0n) is 9.97. The van der Waals surface area contributed by atoms with Crippen LogP contribution < -0.4 is 11.3 Å². The Morgan fingerprint density at radius 1 is 1.28 bits per heavy atom. The van der Waals surface area contributed by atoms with Gasteiger partial charge in [-0.3, -0.25) is 10.8 Å². The van der Waals surface area contributed by atoms with Crippen molar-refractivity contribution in [1.29, 1.82) is 0 Å². The predicted molar refractivity (Wildman–Crippen MR) is 70.5 cm³/mol. The van der Waals surface area contributed by atoms with E-state index in [9.17, 15) is 0 Å². The van der Waals surface area contributed by atoms with E-state index in [1.807, 2.05) is 30.3 Å². The van der Waals surface area contributed by atoms with Gasteiger partial charge >= 0.3 is 0 Å². The molecule has 0 bridgehead atoms. The highest BCUT2D eigenvalue weighted by molar-refractivity contribution is 5.82. The number of benzene rings is 1. The monoisotopic (exact) mass is 241 g/mol. The van der Waals surface area contributed by atoms with Crippen LogP contribution in [-0.4, -0.2) is 11.6 Å². The van der Waals surface area contributed by atoms with E-state index in [1.54, 1.807) is 6.20 Å². The number of rotatable bonds is 3. The van der Waals surface area contributed by atoms with Crippen LogP contribution in [-0.2, 0) is 4.74 Å². The van der Waals surface area contributed by atoms with Crippen LogP contribution in [0.2, 0.25) is 0 Å². The molecule has 4 heteroatoms. The fourth-order valence-corrected chi connectivity index (χ4v) is 2.32. The number of nitrogens with one attached hydrogen (secondary N) is 1. The third kappa shape index (κ3) is 1.85. The molecule has 1 aromatic heterocycles. The number of fused-ring (bicyclic) bond motifs is 1. The van der Waals surface area contributed by atoms with Gasteiger partial charge in [-0.2, -0.15) is 0 Å². The van der Waals surface area contributed by atoms with E-state index >= 15 is 0 Å². The lowest BCUT2D eigenvalue weighted by molar-refractivity contribution is 0.216. The standard InChI is InChI=1S/C14H15N3O/c15-17-14(12-7-3-9-18-12)11-6-1-4-10-5-2-8-16-13(10)11/h1-2,4-8,14,17H,3,9,15H2. The van der Waals surface area contributed by atoms with Gasteiger partial charge in [0.25, 0.3) is 0 Å². The van der Waals surface area contributed by atoms with Gasteiger partial charge in [-0.25, -0.2) is 5.43 Å². The molecule has 0 saturated heterocycles. The van der Waals surface area contributed by atoms with Crippen molar-refractivity contribution in [3.63, 3.8) is 0 Å². The molecular formula is C14H15N3O. The minimum absolute atomic E-state index is 0.133. The fraction of sp³-hybridized carbons (Fsp3) is 0.214. The molecule has 0 fully saturated rings. The average molecular weight is 241 g/mol. The summed E-state index contributed by atoms with van der Waals surface area (Å²) < 4.78 is 5.60. The number of hydrogen-bond donors (Lipinski definition) is 2. The lowest BCUT2D eigenvalue weighted by atomic mass is 10.0. The van der Waals surface area contributed by atoms with Crippen molar-refractivity contribution in [3.05, 3.63) is 53.9 Å². The lowest BCUT2D eigenvalue weighted by Gasteiger charge is -2.18. The Kier molecular flexibility index (Phi) is 2.96. The second kappa shape index (κ2) is 4.76. The Morgan fingerprint density at radius 2 is 2.17 bits per heavy atom. The quantitative estimate of drug-likeness (QED) is 0.637. The molecular weight excluding hydrogens is 226 g/mol. The second-order valence-corrected chi connectivity index (χ2v) is 4.27. The van der Waals surface area contributed by atoms with Gasteiger partial charge in [0.15, 0.2) is 0 Å². The molecule has 0 saturated carbocycles. The summed E-state index contributed by atoms with van der Waals surface area (Å²) in [6.07, 6.45) is 4.81. The minimum atomic E-state index is -0.133. The van der Waals surface area contributed by atoms with E-state index in [1.165, 1.54) is 0 Å². The Hall–Kier alpha value is -1.91. The molecule has 0 radical (unpaired) electrons. The SMILES string of the molecule is NNC(C1=CCCO1)c1cccc2cccnc12. The molecule has 3 N–H and O–H groups in total. The van der Waals surface area contributed by atoms with E-state index in [2.05, 4.69) is 16.5 Å². The van der Waals surface area contributed by atoms with Gasteiger partial charge in [-0.1, -0.05) is 24.3 Å². The zero-order valence-corrected chi connectivity index (χ0v) is 9.97. The summed E-state index contributed by atoms with van der Waals surface area (Å²) in [6.45, 7) is 0.728. The normalized spacial score (nSPS) is 16.4. The molecule has 2 heterocycles. The molecule has 0 spiro atoms. The van der Waals surface area contributed by atoms with E-state index in [4.69, 9.17) is 10.6 Å². The Balaban J connectivity index is 2.12. The molecule has 92 valence electrons. The van der Waals surface area contributed by atoms with E-state index in [-0.39, 0.29) is 6.04 Å². The van der Waals surface area contributed by atoms with Crippen LogP contribution in [0.3, 0.4) is 0 Å². The summed E-state index contributed by atoms with van der Waals surface area (Å²) >= 11 is 0. The second-order valence-electron chi connectivity index (χ2n) is 4.27. The molecule has 18 heavy (non-hydrogen) atoms. The Morgan fingerprint density at radius 3 is 2.94 bits per heavy atom. The van der Waals surface area contributed by atoms with Gasteiger partial charge in [-0.15, -0.1) is 0 Å².